The van der Waals surface area contributed by atoms with Gasteiger partial charge in [-0.25, -0.2) is 4.79 Å². The number of carbonyl (C=O) groups excluding carboxylic acids is 1. The van der Waals surface area contributed by atoms with Crippen molar-refractivity contribution in [3.05, 3.63) is 39.9 Å². The minimum atomic E-state index is -0.0348. The summed E-state index contributed by atoms with van der Waals surface area (Å²) in [7, 11) is 0. The van der Waals surface area contributed by atoms with Crippen LogP contribution in [-0.2, 0) is 0 Å². The van der Waals surface area contributed by atoms with Crippen LogP contribution >= 0.6 is 11.3 Å². The molecule has 1 N–H and O–H groups in total. The average molecular weight is 305 g/mol. The molecule has 2 aromatic heterocycles. The summed E-state index contributed by atoms with van der Waals surface area (Å²) in [5.74, 6) is 0.781. The van der Waals surface area contributed by atoms with Crippen molar-refractivity contribution in [2.24, 2.45) is 0 Å². The molecule has 2 atom stereocenters. The molecule has 1 aliphatic rings. The zero-order valence-corrected chi connectivity index (χ0v) is 13.0. The van der Waals surface area contributed by atoms with Crippen LogP contribution in [0.1, 0.15) is 48.2 Å². The van der Waals surface area contributed by atoms with E-state index in [0.717, 1.165) is 35.7 Å². The monoisotopic (exact) mass is 305 g/mol. The van der Waals surface area contributed by atoms with Crippen molar-refractivity contribution in [1.29, 1.82) is 0 Å². The number of nitrogens with one attached hydrogen (secondary N) is 1. The van der Waals surface area contributed by atoms with Gasteiger partial charge in [0, 0.05) is 17.5 Å². The minimum absolute atomic E-state index is 0.00161. The molecule has 0 aliphatic carbocycles. The van der Waals surface area contributed by atoms with E-state index in [-0.39, 0.29) is 18.1 Å². The number of hydrogen-bond donors (Lipinski definition) is 1. The quantitative estimate of drug-likeness (QED) is 0.941. The number of amides is 2. The summed E-state index contributed by atoms with van der Waals surface area (Å²) < 4.78 is 5.34. The van der Waals surface area contributed by atoms with Gasteiger partial charge in [-0.2, -0.15) is 0 Å². The van der Waals surface area contributed by atoms with E-state index in [2.05, 4.69) is 10.5 Å². The molecule has 21 heavy (non-hydrogen) atoms. The van der Waals surface area contributed by atoms with Gasteiger partial charge in [-0.05, 0) is 38.1 Å². The van der Waals surface area contributed by atoms with Crippen molar-refractivity contribution in [2.45, 2.75) is 38.8 Å². The summed E-state index contributed by atoms with van der Waals surface area (Å²) in [6.45, 7) is 4.66. The number of aromatic nitrogens is 1. The maximum absolute atomic E-state index is 12.5. The molecule has 1 saturated heterocycles. The lowest BCUT2D eigenvalue weighted by Gasteiger charge is -2.25. The number of likely N-dealkylation sites (tertiary alicyclic amines) is 1. The van der Waals surface area contributed by atoms with Crippen LogP contribution in [0.4, 0.5) is 4.79 Å². The number of nitrogens with zero attached hydrogens (tertiary/aromatic N) is 2. The molecule has 0 unspecified atom stereocenters. The highest BCUT2D eigenvalue weighted by atomic mass is 32.1. The van der Waals surface area contributed by atoms with Crippen LogP contribution in [0.25, 0.3) is 0 Å². The first-order chi connectivity index (χ1) is 10.1. The van der Waals surface area contributed by atoms with Gasteiger partial charge in [0.1, 0.15) is 0 Å². The Hall–Kier alpha value is -1.82. The van der Waals surface area contributed by atoms with E-state index in [1.54, 1.807) is 11.3 Å². The highest BCUT2D eigenvalue weighted by molar-refractivity contribution is 7.10. The van der Waals surface area contributed by atoms with Crippen molar-refractivity contribution in [3.8, 4) is 0 Å². The Kier molecular flexibility index (Phi) is 3.96. The van der Waals surface area contributed by atoms with E-state index in [9.17, 15) is 4.79 Å². The number of thiophene rings is 1. The van der Waals surface area contributed by atoms with Gasteiger partial charge in [0.15, 0.2) is 5.76 Å². The Morgan fingerprint density at radius 1 is 1.62 bits per heavy atom. The Labute approximate surface area is 127 Å². The zero-order valence-electron chi connectivity index (χ0n) is 12.2. The predicted octanol–water partition coefficient (Wildman–Crippen LogP) is 3.65. The van der Waals surface area contributed by atoms with Crippen LogP contribution < -0.4 is 5.32 Å². The standard InChI is InChI=1S/C15H19N3O2S/c1-10-9-13(20-17-10)12-5-3-7-18(12)15(19)16-11(2)14-6-4-8-21-14/h4,6,8-9,11-12H,3,5,7H2,1-2H3,(H,16,19)/t11-,12-/m1/s1. The molecule has 2 aromatic rings. The molecule has 112 valence electrons. The minimum Gasteiger partial charge on any atom is -0.359 e. The summed E-state index contributed by atoms with van der Waals surface area (Å²) in [4.78, 5) is 15.5. The van der Waals surface area contributed by atoms with Gasteiger partial charge in [0.25, 0.3) is 0 Å². The van der Waals surface area contributed by atoms with E-state index in [1.807, 2.05) is 42.3 Å². The third-order valence-corrected chi connectivity index (χ3v) is 4.85. The van der Waals surface area contributed by atoms with E-state index < -0.39 is 0 Å². The van der Waals surface area contributed by atoms with Gasteiger partial charge in [0.2, 0.25) is 0 Å². The summed E-state index contributed by atoms with van der Waals surface area (Å²) in [6, 6.07) is 5.94. The summed E-state index contributed by atoms with van der Waals surface area (Å²) in [6.07, 6.45) is 1.92. The van der Waals surface area contributed by atoms with Crippen LogP contribution in [0.15, 0.2) is 28.1 Å². The molecule has 6 heteroatoms. The smallest absolute Gasteiger partial charge is 0.318 e. The number of urea groups is 1. The van der Waals surface area contributed by atoms with Crippen molar-refractivity contribution in [3.63, 3.8) is 0 Å². The van der Waals surface area contributed by atoms with Gasteiger partial charge in [-0.15, -0.1) is 11.3 Å². The summed E-state index contributed by atoms with van der Waals surface area (Å²) in [5.41, 5.74) is 0.851. The van der Waals surface area contributed by atoms with E-state index in [4.69, 9.17) is 4.52 Å². The van der Waals surface area contributed by atoms with Crippen molar-refractivity contribution < 1.29 is 9.32 Å². The number of hydrogen-bond acceptors (Lipinski definition) is 4. The lowest BCUT2D eigenvalue weighted by Crippen LogP contribution is -2.40. The third-order valence-electron chi connectivity index (χ3n) is 3.80. The maximum Gasteiger partial charge on any atom is 0.318 e. The van der Waals surface area contributed by atoms with Gasteiger partial charge in [-0.3, -0.25) is 0 Å². The molecular weight excluding hydrogens is 286 g/mol. The SMILES string of the molecule is Cc1cc([C@H]2CCCN2C(=O)N[C@H](C)c2cccs2)on1. The number of rotatable bonds is 3. The summed E-state index contributed by atoms with van der Waals surface area (Å²) >= 11 is 1.65. The molecule has 1 fully saturated rings. The Morgan fingerprint density at radius 2 is 2.48 bits per heavy atom. The van der Waals surface area contributed by atoms with Crippen LogP contribution in [0, 0.1) is 6.92 Å². The van der Waals surface area contributed by atoms with Crippen LogP contribution in [0.3, 0.4) is 0 Å². The largest absolute Gasteiger partial charge is 0.359 e. The molecule has 0 aromatic carbocycles. The highest BCUT2D eigenvalue weighted by Crippen LogP contribution is 2.32. The third kappa shape index (κ3) is 2.95. The predicted molar refractivity (Wildman–Crippen MR) is 81.2 cm³/mol. The molecule has 2 amide bonds. The van der Waals surface area contributed by atoms with E-state index >= 15 is 0 Å². The second kappa shape index (κ2) is 5.89. The normalized spacial score (nSPS) is 19.7. The average Bonchev–Trinajstić information content (AvgIpc) is 3.19. The van der Waals surface area contributed by atoms with Crippen molar-refractivity contribution in [2.75, 3.05) is 6.54 Å². The number of carbonyl (C=O) groups is 1. The second-order valence-corrected chi connectivity index (χ2v) is 6.39. The van der Waals surface area contributed by atoms with Gasteiger partial charge >= 0.3 is 6.03 Å². The lowest BCUT2D eigenvalue weighted by molar-refractivity contribution is 0.179. The van der Waals surface area contributed by atoms with Gasteiger partial charge in [-0.1, -0.05) is 11.2 Å². The fourth-order valence-corrected chi connectivity index (χ4v) is 3.46. The first-order valence-corrected chi connectivity index (χ1v) is 8.07. The molecule has 5 nitrogen and oxygen atoms in total. The second-order valence-electron chi connectivity index (χ2n) is 5.41. The molecule has 0 bridgehead atoms. The van der Waals surface area contributed by atoms with Crippen LogP contribution in [-0.4, -0.2) is 22.6 Å². The summed E-state index contributed by atoms with van der Waals surface area (Å²) in [5, 5.41) is 9.01. The first kappa shape index (κ1) is 14.1. The Bertz CT molecular complexity index is 608. The zero-order chi connectivity index (χ0) is 14.8. The fourth-order valence-electron chi connectivity index (χ4n) is 2.72. The molecule has 0 radical (unpaired) electrons. The van der Waals surface area contributed by atoms with Crippen molar-refractivity contribution in [1.82, 2.24) is 15.4 Å². The van der Waals surface area contributed by atoms with Gasteiger partial charge in [0.05, 0.1) is 17.8 Å². The molecule has 0 saturated carbocycles. The molecular formula is C15H19N3O2S. The Morgan fingerprint density at radius 3 is 3.14 bits per heavy atom. The molecule has 3 heterocycles. The fraction of sp³-hybridized carbons (Fsp3) is 0.467. The number of aryl methyl sites for hydroxylation is 1. The first-order valence-electron chi connectivity index (χ1n) is 7.19. The van der Waals surface area contributed by atoms with Crippen LogP contribution in [0.5, 0.6) is 0 Å². The van der Waals surface area contributed by atoms with Crippen molar-refractivity contribution >= 4 is 17.4 Å². The maximum atomic E-state index is 12.5. The molecule has 1 aliphatic heterocycles. The molecule has 3 rings (SSSR count). The topological polar surface area (TPSA) is 58.4 Å². The van der Waals surface area contributed by atoms with E-state index in [1.165, 1.54) is 0 Å². The highest BCUT2D eigenvalue weighted by Gasteiger charge is 2.33. The van der Waals surface area contributed by atoms with E-state index in [0.29, 0.717) is 0 Å². The van der Waals surface area contributed by atoms with Crippen LogP contribution in [0.2, 0.25) is 0 Å². The molecule has 0 spiro atoms. The lowest BCUT2D eigenvalue weighted by atomic mass is 10.1. The Balaban J connectivity index is 1.68. The van der Waals surface area contributed by atoms with Gasteiger partial charge < -0.3 is 14.7 Å².